The standard InChI is InChI=1S/C20H22O4/c1-14(2)12-13-24-19-5-3-4-17(22)20(19)18(23)11-8-15-6-9-16(21)10-7-15/h3-11,14,21-22H,12-13H2,1-2H3/b11-8+. The normalized spacial score (nSPS) is 11.1. The largest absolute Gasteiger partial charge is 0.508 e. The number of allylic oxidation sites excluding steroid dienone is 1. The lowest BCUT2D eigenvalue weighted by atomic mass is 10.1. The first kappa shape index (κ1) is 17.6. The second-order valence-electron chi connectivity index (χ2n) is 5.97. The monoisotopic (exact) mass is 326 g/mol. The van der Waals surface area contributed by atoms with Gasteiger partial charge in [-0.2, -0.15) is 0 Å². The predicted molar refractivity (Wildman–Crippen MR) is 94.5 cm³/mol. The summed E-state index contributed by atoms with van der Waals surface area (Å²) in [5.74, 6) is 0.616. The van der Waals surface area contributed by atoms with E-state index in [0.29, 0.717) is 18.3 Å². The van der Waals surface area contributed by atoms with Crippen LogP contribution in [0.4, 0.5) is 0 Å². The van der Waals surface area contributed by atoms with E-state index in [1.165, 1.54) is 12.1 Å². The minimum atomic E-state index is -0.333. The third kappa shape index (κ3) is 4.88. The van der Waals surface area contributed by atoms with Crippen LogP contribution in [-0.4, -0.2) is 22.6 Å². The van der Waals surface area contributed by atoms with Gasteiger partial charge in [-0.25, -0.2) is 0 Å². The molecular weight excluding hydrogens is 304 g/mol. The van der Waals surface area contributed by atoms with Gasteiger partial charge in [0.2, 0.25) is 0 Å². The molecule has 0 radical (unpaired) electrons. The van der Waals surface area contributed by atoms with E-state index in [9.17, 15) is 15.0 Å². The first-order valence-electron chi connectivity index (χ1n) is 7.93. The van der Waals surface area contributed by atoms with E-state index in [1.54, 1.807) is 42.5 Å². The number of hydrogen-bond donors (Lipinski definition) is 2. The van der Waals surface area contributed by atoms with Crippen LogP contribution in [-0.2, 0) is 0 Å². The van der Waals surface area contributed by atoms with Gasteiger partial charge in [0, 0.05) is 0 Å². The Morgan fingerprint density at radius 2 is 1.83 bits per heavy atom. The van der Waals surface area contributed by atoms with Crippen molar-refractivity contribution in [2.45, 2.75) is 20.3 Å². The number of ether oxygens (including phenoxy) is 1. The number of phenolic OH excluding ortho intramolecular Hbond substituents is 2. The highest BCUT2D eigenvalue weighted by atomic mass is 16.5. The summed E-state index contributed by atoms with van der Waals surface area (Å²) in [6, 6.07) is 11.3. The smallest absolute Gasteiger partial charge is 0.193 e. The van der Waals surface area contributed by atoms with Crippen molar-refractivity contribution in [2.75, 3.05) is 6.61 Å². The van der Waals surface area contributed by atoms with Crippen LogP contribution >= 0.6 is 0 Å². The first-order chi connectivity index (χ1) is 11.5. The predicted octanol–water partition coefficient (Wildman–Crippen LogP) is 4.42. The molecule has 126 valence electrons. The molecule has 0 aliphatic carbocycles. The van der Waals surface area contributed by atoms with Crippen LogP contribution in [0.25, 0.3) is 6.08 Å². The molecular formula is C20H22O4. The fraction of sp³-hybridized carbons (Fsp3) is 0.250. The number of hydrogen-bond acceptors (Lipinski definition) is 4. The lowest BCUT2D eigenvalue weighted by molar-refractivity contribution is 0.104. The van der Waals surface area contributed by atoms with Gasteiger partial charge in [-0.15, -0.1) is 0 Å². The van der Waals surface area contributed by atoms with Gasteiger partial charge < -0.3 is 14.9 Å². The summed E-state index contributed by atoms with van der Waals surface area (Å²) in [7, 11) is 0. The van der Waals surface area contributed by atoms with E-state index in [2.05, 4.69) is 13.8 Å². The average molecular weight is 326 g/mol. The molecule has 0 amide bonds. The minimum absolute atomic E-state index is 0.0996. The van der Waals surface area contributed by atoms with Gasteiger partial charge in [0.1, 0.15) is 22.8 Å². The third-order valence-electron chi connectivity index (χ3n) is 3.52. The highest BCUT2D eigenvalue weighted by Gasteiger charge is 2.15. The van der Waals surface area contributed by atoms with Crippen molar-refractivity contribution in [2.24, 2.45) is 5.92 Å². The number of aromatic hydroxyl groups is 2. The average Bonchev–Trinajstić information content (AvgIpc) is 2.54. The molecule has 4 heteroatoms. The van der Waals surface area contributed by atoms with E-state index >= 15 is 0 Å². The summed E-state index contributed by atoms with van der Waals surface area (Å²) >= 11 is 0. The molecule has 0 fully saturated rings. The van der Waals surface area contributed by atoms with Crippen molar-refractivity contribution in [1.82, 2.24) is 0 Å². The summed E-state index contributed by atoms with van der Waals surface area (Å²) < 4.78 is 5.67. The lowest BCUT2D eigenvalue weighted by Gasteiger charge is -2.12. The maximum atomic E-state index is 12.4. The third-order valence-corrected chi connectivity index (χ3v) is 3.52. The van der Waals surface area contributed by atoms with Crippen molar-refractivity contribution in [3.63, 3.8) is 0 Å². The highest BCUT2D eigenvalue weighted by Crippen LogP contribution is 2.29. The van der Waals surface area contributed by atoms with Crippen molar-refractivity contribution in [1.29, 1.82) is 0 Å². The molecule has 0 spiro atoms. The Morgan fingerprint density at radius 1 is 1.12 bits per heavy atom. The Kier molecular flexibility index (Phi) is 6.01. The molecule has 2 rings (SSSR count). The second-order valence-corrected chi connectivity index (χ2v) is 5.97. The maximum Gasteiger partial charge on any atom is 0.193 e. The minimum Gasteiger partial charge on any atom is -0.508 e. The number of phenols is 2. The van der Waals surface area contributed by atoms with Crippen LogP contribution < -0.4 is 4.74 Å². The van der Waals surface area contributed by atoms with Gasteiger partial charge >= 0.3 is 0 Å². The number of carbonyl (C=O) groups is 1. The SMILES string of the molecule is CC(C)CCOc1cccc(O)c1C(=O)/C=C/c1ccc(O)cc1. The Morgan fingerprint density at radius 3 is 2.50 bits per heavy atom. The van der Waals surface area contributed by atoms with Gasteiger partial charge in [-0.05, 0) is 48.2 Å². The molecule has 2 N–H and O–H groups in total. The number of carbonyl (C=O) groups excluding carboxylic acids is 1. The zero-order valence-corrected chi connectivity index (χ0v) is 13.9. The zero-order valence-electron chi connectivity index (χ0n) is 13.9. The van der Waals surface area contributed by atoms with Crippen LogP contribution in [0.15, 0.2) is 48.5 Å². The summed E-state index contributed by atoms with van der Waals surface area (Å²) in [4.78, 5) is 12.4. The Bertz CT molecular complexity index is 715. The Balaban J connectivity index is 2.17. The molecule has 0 atom stereocenters. The van der Waals surface area contributed by atoms with E-state index in [4.69, 9.17) is 4.74 Å². The molecule has 0 bridgehead atoms. The van der Waals surface area contributed by atoms with Crippen molar-refractivity contribution in [3.8, 4) is 17.2 Å². The Labute approximate surface area is 142 Å². The molecule has 0 unspecified atom stereocenters. The molecule has 2 aromatic rings. The van der Waals surface area contributed by atoms with E-state index in [1.807, 2.05) is 0 Å². The van der Waals surface area contributed by atoms with E-state index < -0.39 is 0 Å². The van der Waals surface area contributed by atoms with Crippen molar-refractivity contribution in [3.05, 3.63) is 59.7 Å². The van der Waals surface area contributed by atoms with Crippen molar-refractivity contribution < 1.29 is 19.7 Å². The summed E-state index contributed by atoms with van der Waals surface area (Å²) in [6.45, 7) is 4.68. The fourth-order valence-electron chi connectivity index (χ4n) is 2.13. The lowest BCUT2D eigenvalue weighted by Crippen LogP contribution is -2.06. The fourth-order valence-corrected chi connectivity index (χ4v) is 2.13. The summed E-state index contributed by atoms with van der Waals surface area (Å²) in [5, 5.41) is 19.3. The molecule has 24 heavy (non-hydrogen) atoms. The van der Waals surface area contributed by atoms with Crippen LogP contribution in [0.1, 0.15) is 36.2 Å². The second kappa shape index (κ2) is 8.20. The molecule has 0 aliphatic heterocycles. The summed E-state index contributed by atoms with van der Waals surface area (Å²) in [6.07, 6.45) is 3.88. The van der Waals surface area contributed by atoms with Crippen molar-refractivity contribution >= 4 is 11.9 Å². The molecule has 4 nitrogen and oxygen atoms in total. The molecule has 0 saturated carbocycles. The van der Waals surface area contributed by atoms with Gasteiger partial charge in [0.25, 0.3) is 0 Å². The topological polar surface area (TPSA) is 66.8 Å². The van der Waals surface area contributed by atoms with Crippen LogP contribution in [0.3, 0.4) is 0 Å². The molecule has 0 aromatic heterocycles. The first-order valence-corrected chi connectivity index (χ1v) is 7.93. The molecule has 0 heterocycles. The van der Waals surface area contributed by atoms with Crippen LogP contribution in [0, 0.1) is 5.92 Å². The molecule has 2 aromatic carbocycles. The molecule has 0 aliphatic rings. The number of rotatable bonds is 7. The Hall–Kier alpha value is -2.75. The molecule has 0 saturated heterocycles. The highest BCUT2D eigenvalue weighted by molar-refractivity contribution is 6.10. The maximum absolute atomic E-state index is 12.4. The van der Waals surface area contributed by atoms with Gasteiger partial charge in [-0.1, -0.05) is 38.1 Å². The number of ketones is 1. The van der Waals surface area contributed by atoms with Crippen LogP contribution in [0.5, 0.6) is 17.2 Å². The van der Waals surface area contributed by atoms with E-state index in [0.717, 1.165) is 12.0 Å². The number of benzene rings is 2. The zero-order chi connectivity index (χ0) is 17.5. The van der Waals surface area contributed by atoms with Gasteiger partial charge in [-0.3, -0.25) is 4.79 Å². The quantitative estimate of drug-likeness (QED) is 0.584. The summed E-state index contributed by atoms with van der Waals surface area (Å²) in [5.41, 5.74) is 0.940. The van der Waals surface area contributed by atoms with Gasteiger partial charge in [0.05, 0.1) is 6.61 Å². The van der Waals surface area contributed by atoms with E-state index in [-0.39, 0.29) is 22.8 Å². The van der Waals surface area contributed by atoms with Gasteiger partial charge in [0.15, 0.2) is 5.78 Å². The van der Waals surface area contributed by atoms with Crippen LogP contribution in [0.2, 0.25) is 0 Å².